The van der Waals surface area contributed by atoms with Crippen molar-refractivity contribution in [3.8, 4) is 0 Å². The molecule has 0 aliphatic heterocycles. The number of carbonyl (C=O) groups excluding carboxylic acids is 2. The predicted octanol–water partition coefficient (Wildman–Crippen LogP) is 3.21. The summed E-state index contributed by atoms with van der Waals surface area (Å²) in [4.78, 5) is 24.0. The maximum absolute atomic E-state index is 12.1. The van der Waals surface area contributed by atoms with E-state index in [9.17, 15) is 9.59 Å². The fourth-order valence-corrected chi connectivity index (χ4v) is 2.74. The van der Waals surface area contributed by atoms with Crippen LogP contribution in [0.15, 0.2) is 53.2 Å². The van der Waals surface area contributed by atoms with Crippen LogP contribution in [0.5, 0.6) is 0 Å². The monoisotopic (exact) mass is 378 g/mol. The zero-order valence-corrected chi connectivity index (χ0v) is 16.0. The van der Waals surface area contributed by atoms with Gasteiger partial charge in [-0.2, -0.15) is 5.10 Å². The van der Waals surface area contributed by atoms with Gasteiger partial charge in [0.1, 0.15) is 0 Å². The number of benzene rings is 1. The van der Waals surface area contributed by atoms with Gasteiger partial charge in [0.25, 0.3) is 5.91 Å². The van der Waals surface area contributed by atoms with Crippen molar-refractivity contribution in [1.82, 2.24) is 15.1 Å². The van der Waals surface area contributed by atoms with E-state index in [0.29, 0.717) is 12.2 Å². The molecule has 0 unspecified atom stereocenters. The highest BCUT2D eigenvalue weighted by molar-refractivity contribution is 6.02. The lowest BCUT2D eigenvalue weighted by Crippen LogP contribution is -2.20. The lowest BCUT2D eigenvalue weighted by molar-refractivity contribution is -0.116. The van der Waals surface area contributed by atoms with Crippen molar-refractivity contribution in [2.45, 2.75) is 20.4 Å². The van der Waals surface area contributed by atoms with Crippen LogP contribution in [0, 0.1) is 13.8 Å². The van der Waals surface area contributed by atoms with Gasteiger partial charge in [-0.3, -0.25) is 14.3 Å². The summed E-state index contributed by atoms with van der Waals surface area (Å²) in [7, 11) is 1.88. The van der Waals surface area contributed by atoms with Crippen molar-refractivity contribution < 1.29 is 14.0 Å². The van der Waals surface area contributed by atoms with E-state index in [0.717, 1.165) is 22.5 Å². The largest absolute Gasteiger partial charge is 0.459 e. The first kappa shape index (κ1) is 19.2. The van der Waals surface area contributed by atoms with Gasteiger partial charge in [-0.15, -0.1) is 0 Å². The molecule has 0 aliphatic carbocycles. The Balaban J connectivity index is 1.52. The Labute approximate surface area is 163 Å². The fraction of sp³-hybridized carbons (Fsp3) is 0.190. The molecule has 7 heteroatoms. The Morgan fingerprint density at radius 3 is 2.54 bits per heavy atom. The van der Waals surface area contributed by atoms with Crippen molar-refractivity contribution in [3.63, 3.8) is 0 Å². The molecule has 3 rings (SSSR count). The van der Waals surface area contributed by atoms with Crippen LogP contribution in [0.3, 0.4) is 0 Å². The number of rotatable bonds is 6. The average Bonchev–Trinajstić information content (AvgIpc) is 3.29. The molecule has 0 fully saturated rings. The van der Waals surface area contributed by atoms with Crippen LogP contribution in [0.2, 0.25) is 0 Å². The van der Waals surface area contributed by atoms with E-state index in [1.54, 1.807) is 35.0 Å². The second-order valence-corrected chi connectivity index (χ2v) is 6.39. The predicted molar refractivity (Wildman–Crippen MR) is 107 cm³/mol. The van der Waals surface area contributed by atoms with E-state index in [2.05, 4.69) is 15.7 Å². The molecule has 0 saturated heterocycles. The number of nitrogens with one attached hydrogen (secondary N) is 2. The van der Waals surface area contributed by atoms with E-state index in [-0.39, 0.29) is 17.6 Å². The molecule has 0 aliphatic rings. The minimum atomic E-state index is -0.308. The van der Waals surface area contributed by atoms with Crippen LogP contribution in [-0.4, -0.2) is 21.6 Å². The quantitative estimate of drug-likeness (QED) is 0.645. The summed E-state index contributed by atoms with van der Waals surface area (Å²) in [6.07, 6.45) is 4.74. The van der Waals surface area contributed by atoms with E-state index in [1.807, 2.05) is 33.0 Å². The zero-order valence-electron chi connectivity index (χ0n) is 16.0. The van der Waals surface area contributed by atoms with Gasteiger partial charge < -0.3 is 15.1 Å². The van der Waals surface area contributed by atoms with Crippen molar-refractivity contribution >= 4 is 23.6 Å². The Kier molecular flexibility index (Phi) is 5.74. The van der Waals surface area contributed by atoms with E-state index in [1.165, 1.54) is 12.3 Å². The number of nitrogens with zero attached hydrogens (tertiary/aromatic N) is 2. The first-order valence-corrected chi connectivity index (χ1v) is 8.84. The third-order valence-electron chi connectivity index (χ3n) is 4.39. The van der Waals surface area contributed by atoms with E-state index >= 15 is 0 Å². The number of aromatic nitrogens is 2. The standard InChI is InChI=1S/C21H22N4O3/c1-14-18(15(2)25(3)24-14)10-11-20(26)22-13-16-6-8-17(9-7-16)23-21(27)19-5-4-12-28-19/h4-12H,13H2,1-3H3,(H,22,26)(H,23,27)/b11-10+. The van der Waals surface area contributed by atoms with E-state index < -0.39 is 0 Å². The third kappa shape index (κ3) is 4.56. The SMILES string of the molecule is Cc1nn(C)c(C)c1/C=C/C(=O)NCc1ccc(NC(=O)c2ccco2)cc1. The van der Waals surface area contributed by atoms with Crippen molar-refractivity contribution in [2.75, 3.05) is 5.32 Å². The normalized spacial score (nSPS) is 11.0. The summed E-state index contributed by atoms with van der Waals surface area (Å²) in [6, 6.07) is 10.5. The fourth-order valence-electron chi connectivity index (χ4n) is 2.74. The second-order valence-electron chi connectivity index (χ2n) is 6.39. The molecule has 0 bridgehead atoms. The van der Waals surface area contributed by atoms with Gasteiger partial charge in [0.2, 0.25) is 5.91 Å². The smallest absolute Gasteiger partial charge is 0.291 e. The molecular formula is C21H22N4O3. The summed E-state index contributed by atoms with van der Waals surface area (Å²) in [5.41, 5.74) is 4.42. The van der Waals surface area contributed by atoms with Crippen LogP contribution in [-0.2, 0) is 18.4 Å². The Morgan fingerprint density at radius 2 is 1.93 bits per heavy atom. The maximum atomic E-state index is 12.1. The Hall–Kier alpha value is -3.61. The van der Waals surface area contributed by atoms with Crippen molar-refractivity contribution in [2.24, 2.45) is 7.05 Å². The summed E-state index contributed by atoms with van der Waals surface area (Å²) < 4.78 is 6.85. The third-order valence-corrected chi connectivity index (χ3v) is 4.39. The molecule has 2 heterocycles. The Morgan fingerprint density at radius 1 is 1.18 bits per heavy atom. The van der Waals surface area contributed by atoms with Gasteiger partial charge in [0, 0.05) is 36.6 Å². The van der Waals surface area contributed by atoms with Gasteiger partial charge in [-0.05, 0) is 49.8 Å². The van der Waals surface area contributed by atoms with Gasteiger partial charge in [-0.25, -0.2) is 0 Å². The van der Waals surface area contributed by atoms with Gasteiger partial charge in [0.15, 0.2) is 5.76 Å². The van der Waals surface area contributed by atoms with Crippen LogP contribution >= 0.6 is 0 Å². The number of hydrogen-bond donors (Lipinski definition) is 2. The van der Waals surface area contributed by atoms with Gasteiger partial charge in [-0.1, -0.05) is 12.1 Å². The molecule has 2 N–H and O–H groups in total. The molecule has 1 aromatic carbocycles. The summed E-state index contributed by atoms with van der Waals surface area (Å²) in [6.45, 7) is 4.27. The molecular weight excluding hydrogens is 356 g/mol. The highest BCUT2D eigenvalue weighted by Crippen LogP contribution is 2.14. The number of aryl methyl sites for hydroxylation is 2. The molecule has 2 aromatic heterocycles. The number of anilines is 1. The maximum Gasteiger partial charge on any atom is 0.291 e. The number of amides is 2. The molecule has 0 atom stereocenters. The summed E-state index contributed by atoms with van der Waals surface area (Å²) in [5, 5.41) is 9.92. The topological polar surface area (TPSA) is 89.2 Å². The van der Waals surface area contributed by atoms with Crippen molar-refractivity contribution in [1.29, 1.82) is 0 Å². The second kappa shape index (κ2) is 8.39. The molecule has 3 aromatic rings. The highest BCUT2D eigenvalue weighted by Gasteiger charge is 2.09. The highest BCUT2D eigenvalue weighted by atomic mass is 16.3. The molecule has 2 amide bonds. The lowest BCUT2D eigenvalue weighted by atomic mass is 10.2. The molecule has 0 spiro atoms. The molecule has 0 radical (unpaired) electrons. The molecule has 28 heavy (non-hydrogen) atoms. The van der Waals surface area contributed by atoms with Crippen molar-refractivity contribution in [3.05, 3.63) is 77.0 Å². The first-order chi connectivity index (χ1) is 13.4. The number of furan rings is 1. The minimum absolute atomic E-state index is 0.183. The average molecular weight is 378 g/mol. The van der Waals surface area contributed by atoms with Crippen LogP contribution in [0.1, 0.15) is 33.1 Å². The van der Waals surface area contributed by atoms with Gasteiger partial charge in [0.05, 0.1) is 12.0 Å². The first-order valence-electron chi connectivity index (χ1n) is 8.84. The lowest BCUT2D eigenvalue weighted by Gasteiger charge is -2.06. The number of hydrogen-bond acceptors (Lipinski definition) is 4. The van der Waals surface area contributed by atoms with Crippen LogP contribution in [0.4, 0.5) is 5.69 Å². The molecule has 144 valence electrons. The number of carbonyl (C=O) groups is 2. The van der Waals surface area contributed by atoms with Crippen LogP contribution < -0.4 is 10.6 Å². The van der Waals surface area contributed by atoms with Crippen LogP contribution in [0.25, 0.3) is 6.08 Å². The molecule has 0 saturated carbocycles. The van der Waals surface area contributed by atoms with Gasteiger partial charge >= 0.3 is 0 Å². The summed E-state index contributed by atoms with van der Waals surface area (Å²) in [5.74, 6) is -0.239. The minimum Gasteiger partial charge on any atom is -0.459 e. The summed E-state index contributed by atoms with van der Waals surface area (Å²) >= 11 is 0. The van der Waals surface area contributed by atoms with E-state index in [4.69, 9.17) is 4.42 Å². The molecule has 7 nitrogen and oxygen atoms in total. The zero-order chi connectivity index (χ0) is 20.1. The Bertz CT molecular complexity index is 999.